The Morgan fingerprint density at radius 3 is 2.76 bits per heavy atom. The molecule has 0 spiro atoms. The Labute approximate surface area is 193 Å². The highest BCUT2D eigenvalue weighted by Crippen LogP contribution is 2.60. The zero-order valence-corrected chi connectivity index (χ0v) is 19.0. The zero-order chi connectivity index (χ0) is 22.4. The molecule has 1 saturated heterocycles. The summed E-state index contributed by atoms with van der Waals surface area (Å²) < 4.78 is 0. The highest BCUT2D eigenvalue weighted by atomic mass is 16.3. The number of aliphatic hydroxyl groups is 1. The lowest BCUT2D eigenvalue weighted by molar-refractivity contribution is -0.151. The van der Waals surface area contributed by atoms with Crippen LogP contribution < -0.4 is 0 Å². The zero-order valence-electron chi connectivity index (χ0n) is 19.0. The molecule has 3 aliphatic carbocycles. The van der Waals surface area contributed by atoms with Crippen LogP contribution >= 0.6 is 0 Å². The lowest BCUT2D eigenvalue weighted by Gasteiger charge is -2.63. The summed E-state index contributed by atoms with van der Waals surface area (Å²) in [5, 5.41) is 31.8. The van der Waals surface area contributed by atoms with Crippen molar-refractivity contribution in [3.05, 3.63) is 64.7 Å². The molecule has 33 heavy (non-hydrogen) atoms. The third kappa shape index (κ3) is 2.62. The molecule has 170 valence electrons. The summed E-state index contributed by atoms with van der Waals surface area (Å²) in [6.07, 6.45) is 9.17. The maximum Gasteiger partial charge on any atom is 0.123 e. The van der Waals surface area contributed by atoms with E-state index in [0.717, 1.165) is 59.9 Å². The van der Waals surface area contributed by atoms with E-state index in [4.69, 9.17) is 0 Å². The molecule has 0 unspecified atom stereocenters. The predicted octanol–water partition coefficient (Wildman–Crippen LogP) is 3.29. The summed E-state index contributed by atoms with van der Waals surface area (Å²) in [5.41, 5.74) is 6.15. The van der Waals surface area contributed by atoms with Crippen LogP contribution in [-0.4, -0.2) is 55.0 Å². The summed E-state index contributed by atoms with van der Waals surface area (Å²) in [5.74, 6) is 1.06. The molecule has 3 aromatic rings. The number of hydrogen-bond donors (Lipinski definition) is 3. The minimum absolute atomic E-state index is 0.0802. The molecular formula is C27H30N4O2. The van der Waals surface area contributed by atoms with Crippen LogP contribution in [0.4, 0.5) is 0 Å². The van der Waals surface area contributed by atoms with Crippen LogP contribution in [-0.2, 0) is 24.7 Å². The van der Waals surface area contributed by atoms with Crippen molar-refractivity contribution in [2.45, 2.75) is 62.5 Å². The van der Waals surface area contributed by atoms with Crippen molar-refractivity contribution >= 4 is 0 Å². The fourth-order valence-electron chi connectivity index (χ4n) is 7.24. The van der Waals surface area contributed by atoms with Crippen LogP contribution in [0.3, 0.4) is 0 Å². The van der Waals surface area contributed by atoms with Gasteiger partial charge in [-0.1, -0.05) is 6.07 Å². The quantitative estimate of drug-likeness (QED) is 0.580. The molecule has 0 amide bonds. The van der Waals surface area contributed by atoms with Gasteiger partial charge in [0.15, 0.2) is 0 Å². The Bertz CT molecular complexity index is 1250. The molecular weight excluding hydrogens is 412 g/mol. The smallest absolute Gasteiger partial charge is 0.123 e. The Morgan fingerprint density at radius 1 is 1.15 bits per heavy atom. The predicted molar refractivity (Wildman–Crippen MR) is 125 cm³/mol. The van der Waals surface area contributed by atoms with Crippen LogP contribution in [0.25, 0.3) is 11.1 Å². The number of aryl methyl sites for hydroxylation is 1. The number of nitrogens with one attached hydrogen (secondary N) is 1. The molecule has 3 atom stereocenters. The molecule has 4 aliphatic rings. The van der Waals surface area contributed by atoms with Gasteiger partial charge in [-0.25, -0.2) is 0 Å². The molecule has 6 nitrogen and oxygen atoms in total. The summed E-state index contributed by atoms with van der Waals surface area (Å²) in [6.45, 7) is 4.13. The van der Waals surface area contributed by atoms with Gasteiger partial charge in [-0.2, -0.15) is 5.10 Å². The molecule has 7 rings (SSSR count). The van der Waals surface area contributed by atoms with Gasteiger partial charge in [-0.05, 0) is 85.5 Å². The fourth-order valence-corrected chi connectivity index (χ4v) is 7.24. The third-order valence-corrected chi connectivity index (χ3v) is 9.04. The van der Waals surface area contributed by atoms with Crippen molar-refractivity contribution in [3.8, 4) is 16.9 Å². The molecule has 6 heteroatoms. The van der Waals surface area contributed by atoms with E-state index in [0.29, 0.717) is 12.8 Å². The SMILES string of the molecule is Cc1[nH]nc2c1C[C@@]1(O)[C@H]3Cc4ccc(O)c(-c5ccncc5)c4[C@@]1(CCN3CC1CC1)C2. The number of hydrogen-bond acceptors (Lipinski definition) is 5. The van der Waals surface area contributed by atoms with Crippen LogP contribution in [0.15, 0.2) is 36.7 Å². The van der Waals surface area contributed by atoms with Gasteiger partial charge in [0.25, 0.3) is 0 Å². The van der Waals surface area contributed by atoms with Gasteiger partial charge >= 0.3 is 0 Å². The van der Waals surface area contributed by atoms with Gasteiger partial charge in [-0.15, -0.1) is 0 Å². The number of pyridine rings is 1. The number of piperidine rings is 1. The molecule has 3 heterocycles. The van der Waals surface area contributed by atoms with Crippen LogP contribution in [0, 0.1) is 12.8 Å². The first-order valence-electron chi connectivity index (χ1n) is 12.2. The number of benzene rings is 1. The van der Waals surface area contributed by atoms with Gasteiger partial charge in [0.2, 0.25) is 0 Å². The van der Waals surface area contributed by atoms with E-state index in [1.807, 2.05) is 18.2 Å². The number of phenols is 1. The molecule has 2 aromatic heterocycles. The maximum atomic E-state index is 12.8. The van der Waals surface area contributed by atoms with E-state index in [1.54, 1.807) is 12.4 Å². The lowest BCUT2D eigenvalue weighted by atomic mass is 9.48. The second kappa shape index (κ2) is 6.67. The van der Waals surface area contributed by atoms with E-state index in [1.165, 1.54) is 24.0 Å². The summed E-state index contributed by atoms with van der Waals surface area (Å²) in [7, 11) is 0. The molecule has 2 bridgehead atoms. The highest BCUT2D eigenvalue weighted by molar-refractivity contribution is 5.78. The van der Waals surface area contributed by atoms with E-state index in [2.05, 4.69) is 33.1 Å². The van der Waals surface area contributed by atoms with Crippen molar-refractivity contribution in [2.24, 2.45) is 5.92 Å². The van der Waals surface area contributed by atoms with Gasteiger partial charge in [0.05, 0.1) is 11.3 Å². The number of aromatic hydroxyl groups is 1. The Kier molecular flexibility index (Phi) is 3.99. The number of nitrogens with zero attached hydrogens (tertiary/aromatic N) is 3. The topological polar surface area (TPSA) is 85.3 Å². The van der Waals surface area contributed by atoms with Crippen LogP contribution in [0.2, 0.25) is 0 Å². The average Bonchev–Trinajstić information content (AvgIpc) is 3.57. The van der Waals surface area contributed by atoms with Crippen LogP contribution in [0.5, 0.6) is 5.75 Å². The van der Waals surface area contributed by atoms with Gasteiger partial charge in [0.1, 0.15) is 5.75 Å². The molecule has 1 aliphatic heterocycles. The average molecular weight is 443 g/mol. The van der Waals surface area contributed by atoms with Gasteiger partial charge in [-0.3, -0.25) is 15.0 Å². The van der Waals surface area contributed by atoms with Crippen molar-refractivity contribution in [2.75, 3.05) is 13.1 Å². The summed E-state index contributed by atoms with van der Waals surface area (Å²) in [4.78, 5) is 6.77. The number of phenolic OH excluding ortho intramolecular Hbond substituents is 1. The standard InChI is InChI=1S/C27H30N4O2/c1-16-20-13-27(33)23-12-19-4-5-22(32)24(18-6-9-28-10-7-18)25(19)26(27,14-21(20)30-29-16)8-11-31(23)15-17-2-3-17/h4-7,9-10,17,23,32-33H,2-3,8,11-15H2,1H3,(H,29,30)/t23-,26-,27-/m1/s1. The monoisotopic (exact) mass is 442 g/mol. The molecule has 2 fully saturated rings. The maximum absolute atomic E-state index is 12.8. The van der Waals surface area contributed by atoms with Gasteiger partial charge < -0.3 is 10.2 Å². The van der Waals surface area contributed by atoms with Crippen molar-refractivity contribution in [3.63, 3.8) is 0 Å². The van der Waals surface area contributed by atoms with E-state index >= 15 is 0 Å². The molecule has 1 saturated carbocycles. The number of rotatable bonds is 3. The number of fused-ring (bicyclic) bond motifs is 2. The largest absolute Gasteiger partial charge is 0.507 e. The first kappa shape index (κ1) is 19.7. The van der Waals surface area contributed by atoms with Crippen molar-refractivity contribution in [1.29, 1.82) is 0 Å². The highest BCUT2D eigenvalue weighted by Gasteiger charge is 2.65. The third-order valence-electron chi connectivity index (χ3n) is 9.04. The van der Waals surface area contributed by atoms with Crippen molar-refractivity contribution < 1.29 is 10.2 Å². The second-order valence-electron chi connectivity index (χ2n) is 10.8. The minimum Gasteiger partial charge on any atom is -0.507 e. The first-order chi connectivity index (χ1) is 16.0. The Morgan fingerprint density at radius 2 is 1.97 bits per heavy atom. The van der Waals surface area contributed by atoms with Crippen LogP contribution in [0.1, 0.15) is 47.3 Å². The number of H-pyrrole nitrogens is 1. The number of aromatic nitrogens is 3. The Balaban J connectivity index is 1.49. The molecule has 3 N–H and O–H groups in total. The fraction of sp³-hybridized carbons (Fsp3) is 0.481. The van der Waals surface area contributed by atoms with E-state index in [9.17, 15) is 10.2 Å². The lowest BCUT2D eigenvalue weighted by Crippen LogP contribution is -2.74. The summed E-state index contributed by atoms with van der Waals surface area (Å²) in [6, 6.07) is 7.94. The normalized spacial score (nSPS) is 30.4. The van der Waals surface area contributed by atoms with Crippen molar-refractivity contribution in [1.82, 2.24) is 20.1 Å². The first-order valence-corrected chi connectivity index (χ1v) is 12.2. The minimum atomic E-state index is -0.898. The molecule has 0 radical (unpaired) electrons. The van der Waals surface area contributed by atoms with E-state index < -0.39 is 11.0 Å². The Hall–Kier alpha value is -2.70. The number of aromatic amines is 1. The number of likely N-dealkylation sites (tertiary alicyclic amines) is 1. The molecule has 1 aromatic carbocycles. The second-order valence-corrected chi connectivity index (χ2v) is 10.8. The van der Waals surface area contributed by atoms with Gasteiger partial charge in [0, 0.05) is 54.5 Å². The van der Waals surface area contributed by atoms with E-state index in [-0.39, 0.29) is 11.8 Å². The summed E-state index contributed by atoms with van der Waals surface area (Å²) >= 11 is 0.